The molecule has 1 unspecified atom stereocenters. The van der Waals surface area contributed by atoms with Gasteiger partial charge in [-0.15, -0.1) is 0 Å². The number of carbonyl (C=O) groups excluding carboxylic acids is 1. The highest BCUT2D eigenvalue weighted by Gasteiger charge is 2.18. The first-order valence-electron chi connectivity index (χ1n) is 6.12. The summed E-state index contributed by atoms with van der Waals surface area (Å²) in [6, 6.07) is 7.18. The van der Waals surface area contributed by atoms with Gasteiger partial charge in [0.2, 0.25) is 0 Å². The largest absolute Gasteiger partial charge is 0.394 e. The van der Waals surface area contributed by atoms with Crippen LogP contribution in [0.15, 0.2) is 24.3 Å². The topological polar surface area (TPSA) is 61.4 Å². The number of rotatable bonds is 3. The van der Waals surface area contributed by atoms with E-state index in [1.165, 1.54) is 0 Å². The fourth-order valence-electron chi connectivity index (χ4n) is 1.67. The van der Waals surface area contributed by atoms with Gasteiger partial charge in [-0.1, -0.05) is 39.0 Å². The molecule has 100 valence electrons. The molecule has 1 rings (SSSR count). The molecule has 0 radical (unpaired) electrons. The SMILES string of the molecule is CC(CO)NC(=O)Nc1ccccc1C(C)(C)C. The zero-order valence-corrected chi connectivity index (χ0v) is 11.4. The third-order valence-corrected chi connectivity index (χ3v) is 2.63. The van der Waals surface area contributed by atoms with Gasteiger partial charge < -0.3 is 15.7 Å². The van der Waals surface area contributed by atoms with Gasteiger partial charge >= 0.3 is 6.03 Å². The first kappa shape index (κ1) is 14.5. The second-order valence-corrected chi connectivity index (χ2v) is 5.48. The van der Waals surface area contributed by atoms with Crippen molar-refractivity contribution in [2.75, 3.05) is 11.9 Å². The Kier molecular flexibility index (Phi) is 4.73. The van der Waals surface area contributed by atoms with Crippen LogP contribution < -0.4 is 10.6 Å². The molecule has 0 saturated heterocycles. The summed E-state index contributed by atoms with van der Waals surface area (Å²) in [4.78, 5) is 11.7. The van der Waals surface area contributed by atoms with Crippen molar-refractivity contribution in [1.29, 1.82) is 0 Å². The number of urea groups is 1. The summed E-state index contributed by atoms with van der Waals surface area (Å²) in [7, 11) is 0. The van der Waals surface area contributed by atoms with Crippen molar-refractivity contribution in [3.05, 3.63) is 29.8 Å². The Morgan fingerprint density at radius 2 is 1.94 bits per heavy atom. The Bertz CT molecular complexity index is 411. The van der Waals surface area contributed by atoms with E-state index in [1.807, 2.05) is 24.3 Å². The van der Waals surface area contributed by atoms with Gasteiger partial charge in [0, 0.05) is 5.69 Å². The van der Waals surface area contributed by atoms with Crippen molar-refractivity contribution in [2.45, 2.75) is 39.2 Å². The summed E-state index contributed by atoms with van der Waals surface area (Å²) in [5.74, 6) is 0. The Morgan fingerprint density at radius 1 is 1.33 bits per heavy atom. The molecule has 0 bridgehead atoms. The van der Waals surface area contributed by atoms with Crippen LogP contribution in [-0.2, 0) is 5.41 Å². The zero-order valence-electron chi connectivity index (χ0n) is 11.4. The average molecular weight is 250 g/mol. The van der Waals surface area contributed by atoms with E-state index >= 15 is 0 Å². The van der Waals surface area contributed by atoms with Crippen LogP contribution in [0.25, 0.3) is 0 Å². The van der Waals surface area contributed by atoms with E-state index in [0.29, 0.717) is 0 Å². The van der Waals surface area contributed by atoms with Gasteiger partial charge in [-0.2, -0.15) is 0 Å². The Labute approximate surface area is 108 Å². The highest BCUT2D eigenvalue weighted by atomic mass is 16.3. The molecule has 1 aromatic rings. The molecule has 3 N–H and O–H groups in total. The molecule has 18 heavy (non-hydrogen) atoms. The van der Waals surface area contributed by atoms with Crippen LogP contribution in [-0.4, -0.2) is 23.8 Å². The van der Waals surface area contributed by atoms with E-state index in [9.17, 15) is 4.79 Å². The fraction of sp³-hybridized carbons (Fsp3) is 0.500. The summed E-state index contributed by atoms with van der Waals surface area (Å²) in [6.07, 6.45) is 0. The molecule has 1 aromatic carbocycles. The van der Waals surface area contributed by atoms with E-state index in [-0.39, 0.29) is 24.1 Å². The number of para-hydroxylation sites is 1. The number of hydrogen-bond donors (Lipinski definition) is 3. The quantitative estimate of drug-likeness (QED) is 0.771. The number of benzene rings is 1. The molecule has 2 amide bonds. The van der Waals surface area contributed by atoms with Crippen molar-refractivity contribution >= 4 is 11.7 Å². The molecule has 0 aromatic heterocycles. The van der Waals surface area contributed by atoms with Gasteiger partial charge in [0.15, 0.2) is 0 Å². The molecule has 0 saturated carbocycles. The first-order chi connectivity index (χ1) is 8.34. The van der Waals surface area contributed by atoms with E-state index in [4.69, 9.17) is 5.11 Å². The number of anilines is 1. The minimum Gasteiger partial charge on any atom is -0.394 e. The highest BCUT2D eigenvalue weighted by molar-refractivity contribution is 5.90. The molecule has 1 atom stereocenters. The highest BCUT2D eigenvalue weighted by Crippen LogP contribution is 2.29. The van der Waals surface area contributed by atoms with E-state index in [2.05, 4.69) is 31.4 Å². The van der Waals surface area contributed by atoms with Gasteiger partial charge in [0.25, 0.3) is 0 Å². The number of nitrogens with one attached hydrogen (secondary N) is 2. The summed E-state index contributed by atoms with van der Waals surface area (Å²) in [5, 5.41) is 14.4. The van der Waals surface area contributed by atoms with Crippen LogP contribution in [0.1, 0.15) is 33.3 Å². The standard InChI is InChI=1S/C14H22N2O2/c1-10(9-17)15-13(18)16-12-8-6-5-7-11(12)14(2,3)4/h5-8,10,17H,9H2,1-4H3,(H2,15,16,18). The van der Waals surface area contributed by atoms with Crippen molar-refractivity contribution in [2.24, 2.45) is 0 Å². The zero-order chi connectivity index (χ0) is 13.8. The maximum atomic E-state index is 11.7. The smallest absolute Gasteiger partial charge is 0.319 e. The van der Waals surface area contributed by atoms with Crippen LogP contribution in [0, 0.1) is 0 Å². The normalized spacial score (nSPS) is 12.9. The predicted molar refractivity (Wildman–Crippen MR) is 73.8 cm³/mol. The summed E-state index contributed by atoms with van der Waals surface area (Å²) in [5.41, 5.74) is 1.84. The lowest BCUT2D eigenvalue weighted by Crippen LogP contribution is -2.38. The Morgan fingerprint density at radius 3 is 2.50 bits per heavy atom. The number of aliphatic hydroxyl groups excluding tert-OH is 1. The van der Waals surface area contributed by atoms with Crippen molar-refractivity contribution in [1.82, 2.24) is 5.32 Å². The Hall–Kier alpha value is -1.55. The monoisotopic (exact) mass is 250 g/mol. The second kappa shape index (κ2) is 5.87. The van der Waals surface area contributed by atoms with Crippen molar-refractivity contribution in [3.8, 4) is 0 Å². The lowest BCUT2D eigenvalue weighted by Gasteiger charge is -2.23. The number of aliphatic hydroxyl groups is 1. The minimum absolute atomic E-state index is 0.0353. The van der Waals surface area contributed by atoms with E-state index < -0.39 is 0 Å². The summed E-state index contributed by atoms with van der Waals surface area (Å²) < 4.78 is 0. The van der Waals surface area contributed by atoms with Gasteiger partial charge in [-0.25, -0.2) is 4.79 Å². The molecule has 0 aliphatic carbocycles. The molecule has 4 heteroatoms. The molecule has 0 aliphatic rings. The van der Waals surface area contributed by atoms with Crippen molar-refractivity contribution < 1.29 is 9.90 Å². The van der Waals surface area contributed by atoms with Gasteiger partial charge in [-0.05, 0) is 24.0 Å². The lowest BCUT2D eigenvalue weighted by atomic mass is 9.86. The maximum absolute atomic E-state index is 11.7. The summed E-state index contributed by atoms with van der Waals surface area (Å²) >= 11 is 0. The molecule has 0 aliphatic heterocycles. The van der Waals surface area contributed by atoms with Gasteiger partial charge in [0.05, 0.1) is 12.6 Å². The Balaban J connectivity index is 2.82. The summed E-state index contributed by atoms with van der Waals surface area (Å²) in [6.45, 7) is 7.97. The molecule has 4 nitrogen and oxygen atoms in total. The van der Waals surface area contributed by atoms with E-state index in [1.54, 1.807) is 6.92 Å². The molecular formula is C14H22N2O2. The minimum atomic E-state index is -0.298. The number of hydrogen-bond acceptors (Lipinski definition) is 2. The molecular weight excluding hydrogens is 228 g/mol. The third-order valence-electron chi connectivity index (χ3n) is 2.63. The van der Waals surface area contributed by atoms with E-state index in [0.717, 1.165) is 11.3 Å². The second-order valence-electron chi connectivity index (χ2n) is 5.48. The molecule has 0 fully saturated rings. The molecule has 0 heterocycles. The number of carbonyl (C=O) groups is 1. The molecule has 0 spiro atoms. The third kappa shape index (κ3) is 4.04. The van der Waals surface area contributed by atoms with Crippen LogP contribution in [0.4, 0.5) is 10.5 Å². The van der Waals surface area contributed by atoms with Crippen LogP contribution in [0.2, 0.25) is 0 Å². The first-order valence-corrected chi connectivity index (χ1v) is 6.12. The fourth-order valence-corrected chi connectivity index (χ4v) is 1.67. The van der Waals surface area contributed by atoms with Gasteiger partial charge in [-0.3, -0.25) is 0 Å². The van der Waals surface area contributed by atoms with Gasteiger partial charge in [0.1, 0.15) is 0 Å². The van der Waals surface area contributed by atoms with Crippen LogP contribution in [0.5, 0.6) is 0 Å². The number of amides is 2. The van der Waals surface area contributed by atoms with Crippen molar-refractivity contribution in [3.63, 3.8) is 0 Å². The average Bonchev–Trinajstić information content (AvgIpc) is 2.27. The predicted octanol–water partition coefficient (Wildman–Crippen LogP) is 2.49. The maximum Gasteiger partial charge on any atom is 0.319 e. The van der Waals surface area contributed by atoms with Crippen LogP contribution >= 0.6 is 0 Å². The lowest BCUT2D eigenvalue weighted by molar-refractivity contribution is 0.229. The van der Waals surface area contributed by atoms with Crippen LogP contribution in [0.3, 0.4) is 0 Å².